The molecule has 0 spiro atoms. The fraction of sp³-hybridized carbons (Fsp3) is 0.100. The number of benzene rings is 1. The molecule has 0 saturated heterocycles. The smallest absolute Gasteiger partial charge is 0.443 e. The molecular weight excluding hydrogens is 285 g/mol. The quantitative estimate of drug-likeness (QED) is 0.757. The van der Waals surface area contributed by atoms with Crippen molar-refractivity contribution in [2.24, 2.45) is 0 Å². The maximum Gasteiger partial charge on any atom is 0.443 e. The molecule has 0 bridgehead atoms. The average Bonchev–Trinajstić information content (AvgIpc) is 2.67. The lowest BCUT2D eigenvalue weighted by Crippen LogP contribution is -2.07. The summed E-state index contributed by atoms with van der Waals surface area (Å²) in [5, 5.41) is 23.7. The van der Waals surface area contributed by atoms with Gasteiger partial charge in [-0.05, 0) is 24.3 Å². The zero-order chi connectivity index (χ0) is 14.2. The Morgan fingerprint density at radius 3 is 2.26 bits per heavy atom. The van der Waals surface area contributed by atoms with E-state index in [2.05, 4.69) is 10.1 Å². The highest BCUT2D eigenvalue weighted by Crippen LogP contribution is 2.40. The summed E-state index contributed by atoms with van der Waals surface area (Å²) >= 11 is 5.63. The topological polar surface area (TPSA) is 69.0 Å². The van der Waals surface area contributed by atoms with Gasteiger partial charge in [0.25, 0.3) is 5.69 Å². The third-order valence-electron chi connectivity index (χ3n) is 2.26. The van der Waals surface area contributed by atoms with Crippen LogP contribution < -0.4 is 5.11 Å². The van der Waals surface area contributed by atoms with Crippen molar-refractivity contribution in [2.45, 2.75) is 6.18 Å². The molecule has 0 aliphatic carbocycles. The maximum atomic E-state index is 12.6. The van der Waals surface area contributed by atoms with Crippen LogP contribution in [-0.2, 0) is 6.18 Å². The van der Waals surface area contributed by atoms with Crippen molar-refractivity contribution >= 4 is 17.3 Å². The summed E-state index contributed by atoms with van der Waals surface area (Å²) in [6, 6.07) is 5.41. The summed E-state index contributed by atoms with van der Waals surface area (Å²) < 4.78 is 38.3. The van der Waals surface area contributed by atoms with E-state index >= 15 is 0 Å². The summed E-state index contributed by atoms with van der Waals surface area (Å²) in [4.78, 5) is 2.36. The van der Waals surface area contributed by atoms with Crippen LogP contribution >= 0.6 is 11.6 Å². The summed E-state index contributed by atoms with van der Waals surface area (Å²) in [5.74, 6) is -1.17. The molecule has 0 radical (unpaired) electrons. The van der Waals surface area contributed by atoms with Gasteiger partial charge < -0.3 is 5.11 Å². The first kappa shape index (κ1) is 13.2. The molecule has 2 rings (SSSR count). The van der Waals surface area contributed by atoms with Gasteiger partial charge >= 0.3 is 11.9 Å². The van der Waals surface area contributed by atoms with Crippen LogP contribution in [0.2, 0.25) is 5.02 Å². The third kappa shape index (κ3) is 2.32. The second-order valence-electron chi connectivity index (χ2n) is 3.49. The summed E-state index contributed by atoms with van der Waals surface area (Å²) in [7, 11) is 0. The van der Waals surface area contributed by atoms with Crippen LogP contribution in [-0.4, -0.2) is 9.78 Å². The van der Waals surface area contributed by atoms with E-state index in [1.54, 1.807) is 0 Å². The van der Waals surface area contributed by atoms with Gasteiger partial charge in [0.1, 0.15) is 0 Å². The molecule has 1 heterocycles. The Labute approximate surface area is 109 Å². The van der Waals surface area contributed by atoms with E-state index in [0.717, 1.165) is 0 Å². The van der Waals surface area contributed by atoms with Gasteiger partial charge in [0.05, 0.1) is 11.6 Å². The summed E-state index contributed by atoms with van der Waals surface area (Å²) in [5.41, 5.74) is -2.62. The van der Waals surface area contributed by atoms with Gasteiger partial charge in [-0.1, -0.05) is 11.6 Å². The zero-order valence-electron chi connectivity index (χ0n) is 9.02. The van der Waals surface area contributed by atoms with Crippen molar-refractivity contribution in [1.82, 2.24) is 9.78 Å². The first-order chi connectivity index (χ1) is 8.84. The summed E-state index contributed by atoms with van der Waals surface area (Å²) in [6.07, 6.45) is -4.89. The molecule has 5 nitrogen and oxygen atoms in total. The van der Waals surface area contributed by atoms with Crippen LogP contribution in [0.15, 0.2) is 24.3 Å². The van der Waals surface area contributed by atoms with E-state index in [-0.39, 0.29) is 5.69 Å². The van der Waals surface area contributed by atoms with Gasteiger partial charge in [0.15, 0.2) is 4.98 Å². The Morgan fingerprint density at radius 2 is 1.84 bits per heavy atom. The standard InChI is InChI=1S/C10H4ClF3N4O/c11-5-1-3-6(4-2-5)18-9(19)7(16-15)8(17-18)10(12,13)14/h1-4H. The fourth-order valence-electron chi connectivity index (χ4n) is 1.43. The van der Waals surface area contributed by atoms with Crippen molar-refractivity contribution in [2.75, 3.05) is 0 Å². The minimum absolute atomic E-state index is 0.0785. The van der Waals surface area contributed by atoms with Crippen LogP contribution in [0.25, 0.3) is 10.7 Å². The van der Waals surface area contributed by atoms with Crippen LogP contribution in [0.1, 0.15) is 5.69 Å². The number of aromatic nitrogens is 2. The van der Waals surface area contributed by atoms with E-state index in [1.807, 2.05) is 0 Å². The second-order valence-corrected chi connectivity index (χ2v) is 3.92. The van der Waals surface area contributed by atoms with Crippen molar-refractivity contribution in [3.63, 3.8) is 0 Å². The molecule has 0 atom stereocenters. The van der Waals surface area contributed by atoms with Crippen molar-refractivity contribution < 1.29 is 18.3 Å². The molecule has 98 valence electrons. The first-order valence-corrected chi connectivity index (χ1v) is 5.20. The molecule has 0 aliphatic rings. The number of diazo groups is 1. The van der Waals surface area contributed by atoms with E-state index < -0.39 is 23.4 Å². The largest absolute Gasteiger partial charge is 0.853 e. The predicted molar refractivity (Wildman–Crippen MR) is 57.8 cm³/mol. The Bertz CT molecular complexity index is 657. The second kappa shape index (κ2) is 4.44. The molecule has 0 aliphatic heterocycles. The molecule has 0 amide bonds. The minimum Gasteiger partial charge on any atom is -0.853 e. The number of halogens is 4. The number of nitrogens with zero attached hydrogens (tertiary/aromatic N) is 4. The van der Waals surface area contributed by atoms with Crippen molar-refractivity contribution in [3.8, 4) is 11.6 Å². The molecule has 19 heavy (non-hydrogen) atoms. The highest BCUT2D eigenvalue weighted by molar-refractivity contribution is 6.30. The van der Waals surface area contributed by atoms with Gasteiger partial charge in [-0.2, -0.15) is 18.3 Å². The van der Waals surface area contributed by atoms with Crippen molar-refractivity contribution in [3.05, 3.63) is 40.0 Å². The monoisotopic (exact) mass is 288 g/mol. The van der Waals surface area contributed by atoms with Crippen LogP contribution in [0.4, 0.5) is 18.9 Å². The Morgan fingerprint density at radius 1 is 1.26 bits per heavy atom. The number of rotatable bonds is 1. The first-order valence-electron chi connectivity index (χ1n) is 4.83. The van der Waals surface area contributed by atoms with Crippen molar-refractivity contribution in [1.29, 1.82) is 5.39 Å². The van der Waals surface area contributed by atoms with E-state index in [9.17, 15) is 18.3 Å². The lowest BCUT2D eigenvalue weighted by Gasteiger charge is -2.07. The van der Waals surface area contributed by atoms with Crippen LogP contribution in [0.3, 0.4) is 0 Å². The number of hydrogen-bond donors (Lipinski definition) is 0. The minimum atomic E-state index is -4.89. The van der Waals surface area contributed by atoms with Crippen LogP contribution in [0, 0.1) is 5.39 Å². The van der Waals surface area contributed by atoms with Gasteiger partial charge in [-0.15, -0.1) is 0 Å². The van der Waals surface area contributed by atoms with E-state index in [1.165, 1.54) is 24.3 Å². The predicted octanol–water partition coefficient (Wildman–Crippen LogP) is 3.10. The van der Waals surface area contributed by atoms with Gasteiger partial charge in [-0.3, -0.25) is 0 Å². The normalized spacial score (nSPS) is 11.3. The SMILES string of the molecule is N#[N+]c1c(C(F)(F)F)nn(-c2ccc(Cl)cc2)c1[O-]. The molecule has 0 unspecified atom stereocenters. The zero-order valence-corrected chi connectivity index (χ0v) is 9.77. The lowest BCUT2D eigenvalue weighted by atomic mass is 10.3. The Balaban J connectivity index is 2.64. The van der Waals surface area contributed by atoms with Crippen LogP contribution in [0.5, 0.6) is 5.88 Å². The molecule has 0 saturated carbocycles. The highest BCUT2D eigenvalue weighted by Gasteiger charge is 2.44. The Kier molecular flexibility index (Phi) is 3.08. The van der Waals surface area contributed by atoms with Gasteiger partial charge in [0.2, 0.25) is 5.39 Å². The Hall–Kier alpha value is -2.27. The molecule has 2 aromatic rings. The van der Waals surface area contributed by atoms with E-state index in [0.29, 0.717) is 9.70 Å². The molecule has 0 fully saturated rings. The highest BCUT2D eigenvalue weighted by atomic mass is 35.5. The van der Waals surface area contributed by atoms with E-state index in [4.69, 9.17) is 17.0 Å². The molecule has 0 N–H and O–H groups in total. The third-order valence-corrected chi connectivity index (χ3v) is 2.51. The molecule has 9 heteroatoms. The molecule has 1 aromatic heterocycles. The molecule has 1 aromatic carbocycles. The van der Waals surface area contributed by atoms with Gasteiger partial charge in [0, 0.05) is 5.02 Å². The average molecular weight is 289 g/mol. The van der Waals surface area contributed by atoms with Gasteiger partial charge in [-0.25, -0.2) is 4.68 Å². The molecular formula is C10H4ClF3N4O. The summed E-state index contributed by atoms with van der Waals surface area (Å²) in [6.45, 7) is 0. The number of alkyl halides is 3. The maximum absolute atomic E-state index is 12.6. The lowest BCUT2D eigenvalue weighted by molar-refractivity contribution is -0.276. The fourth-order valence-corrected chi connectivity index (χ4v) is 1.56. The number of hydrogen-bond acceptors (Lipinski definition) is 3.